The van der Waals surface area contributed by atoms with Gasteiger partial charge in [-0.05, 0) is 19.1 Å². The topological polar surface area (TPSA) is 47.2 Å². The van der Waals surface area contributed by atoms with Gasteiger partial charge in [0.25, 0.3) is 5.91 Å². The van der Waals surface area contributed by atoms with Crippen LogP contribution in [-0.2, 0) is 11.3 Å². The second-order valence-corrected chi connectivity index (χ2v) is 7.27. The molecule has 0 unspecified atom stereocenters. The van der Waals surface area contributed by atoms with Gasteiger partial charge >= 0.3 is 6.61 Å². The molecule has 1 fully saturated rings. The SMILES string of the molecule is Cc1cccc(C[NH+]2CC[NH+](CC(=O)Nc3ccccc3OC(F)F)CC2)c1. The van der Waals surface area contributed by atoms with Gasteiger partial charge in [-0.1, -0.05) is 42.0 Å². The van der Waals surface area contributed by atoms with Crippen LogP contribution in [0.15, 0.2) is 48.5 Å². The van der Waals surface area contributed by atoms with Crippen molar-refractivity contribution in [3.8, 4) is 5.75 Å². The molecule has 3 N–H and O–H groups in total. The Morgan fingerprint density at radius 2 is 1.79 bits per heavy atom. The average Bonchev–Trinajstić information content (AvgIpc) is 2.65. The Balaban J connectivity index is 1.46. The summed E-state index contributed by atoms with van der Waals surface area (Å²) in [5.74, 6) is -0.212. The summed E-state index contributed by atoms with van der Waals surface area (Å²) < 4.78 is 29.4. The van der Waals surface area contributed by atoms with E-state index in [4.69, 9.17) is 0 Å². The lowest BCUT2D eigenvalue weighted by Gasteiger charge is -2.29. The van der Waals surface area contributed by atoms with Crippen LogP contribution in [0.3, 0.4) is 0 Å². The van der Waals surface area contributed by atoms with Crippen LogP contribution in [0.25, 0.3) is 0 Å². The molecule has 5 nitrogen and oxygen atoms in total. The van der Waals surface area contributed by atoms with E-state index in [0.29, 0.717) is 6.54 Å². The molecular weight excluding hydrogens is 364 g/mol. The summed E-state index contributed by atoms with van der Waals surface area (Å²) in [4.78, 5) is 15.1. The van der Waals surface area contributed by atoms with Crippen LogP contribution in [0.4, 0.5) is 14.5 Å². The van der Waals surface area contributed by atoms with Crippen molar-refractivity contribution in [2.45, 2.75) is 20.1 Å². The highest BCUT2D eigenvalue weighted by atomic mass is 19.3. The lowest BCUT2D eigenvalue weighted by molar-refractivity contribution is -1.02. The standard InChI is InChI=1S/C21H25F2N3O2/c1-16-5-4-6-17(13-16)14-25-9-11-26(12-10-25)15-20(27)24-18-7-2-3-8-19(18)28-21(22)23/h2-8,13,21H,9-12,14-15H2,1H3,(H,24,27)/p+2. The zero-order valence-corrected chi connectivity index (χ0v) is 16.0. The van der Waals surface area contributed by atoms with Gasteiger partial charge in [0.15, 0.2) is 6.54 Å². The molecule has 0 spiro atoms. The number of hydrogen-bond donors (Lipinski definition) is 3. The maximum absolute atomic E-state index is 12.5. The van der Waals surface area contributed by atoms with Crippen LogP contribution < -0.4 is 19.9 Å². The first kappa shape index (κ1) is 20.2. The third-order valence-corrected chi connectivity index (χ3v) is 4.99. The van der Waals surface area contributed by atoms with E-state index in [2.05, 4.69) is 41.2 Å². The number of halogens is 2. The number of ether oxygens (including phenoxy) is 1. The predicted molar refractivity (Wildman–Crippen MR) is 103 cm³/mol. The fraction of sp³-hybridized carbons (Fsp3) is 0.381. The monoisotopic (exact) mass is 391 g/mol. The average molecular weight is 391 g/mol. The van der Waals surface area contributed by atoms with Crippen molar-refractivity contribution in [2.24, 2.45) is 0 Å². The normalized spacial score (nSPS) is 19.4. The number of aryl methyl sites for hydroxylation is 1. The van der Waals surface area contributed by atoms with Crippen molar-refractivity contribution in [3.05, 3.63) is 59.7 Å². The number of benzene rings is 2. The van der Waals surface area contributed by atoms with E-state index in [-0.39, 0.29) is 17.3 Å². The van der Waals surface area contributed by atoms with Crippen LogP contribution in [-0.4, -0.2) is 45.2 Å². The van der Waals surface area contributed by atoms with E-state index < -0.39 is 6.61 Å². The molecule has 7 heteroatoms. The van der Waals surface area contributed by atoms with Gasteiger partial charge in [0.2, 0.25) is 0 Å². The molecule has 0 bridgehead atoms. The third kappa shape index (κ3) is 6.00. The first-order valence-corrected chi connectivity index (χ1v) is 9.56. The second-order valence-electron chi connectivity index (χ2n) is 7.27. The number of rotatable bonds is 7. The van der Waals surface area contributed by atoms with Crippen molar-refractivity contribution < 1.29 is 28.1 Å². The Bertz CT molecular complexity index is 793. The van der Waals surface area contributed by atoms with Crippen molar-refractivity contribution in [2.75, 3.05) is 38.0 Å². The molecule has 1 amide bonds. The molecule has 0 saturated carbocycles. The molecule has 3 rings (SSSR count). The molecular formula is C21H27F2N3O2+2. The van der Waals surface area contributed by atoms with Crippen LogP contribution >= 0.6 is 0 Å². The molecule has 2 aromatic carbocycles. The fourth-order valence-electron chi connectivity index (χ4n) is 3.61. The summed E-state index contributed by atoms with van der Waals surface area (Å²) in [5.41, 5.74) is 2.89. The van der Waals surface area contributed by atoms with Crippen LogP contribution in [0.1, 0.15) is 11.1 Å². The Hall–Kier alpha value is -2.51. The number of nitrogens with one attached hydrogen (secondary N) is 3. The quantitative estimate of drug-likeness (QED) is 0.645. The van der Waals surface area contributed by atoms with Crippen molar-refractivity contribution in [1.82, 2.24) is 0 Å². The first-order valence-electron chi connectivity index (χ1n) is 9.56. The second kappa shape index (κ2) is 9.61. The largest absolute Gasteiger partial charge is 0.433 e. The lowest BCUT2D eigenvalue weighted by atomic mass is 10.1. The molecule has 150 valence electrons. The summed E-state index contributed by atoms with van der Waals surface area (Å²) in [6.07, 6.45) is 0. The zero-order valence-electron chi connectivity index (χ0n) is 16.0. The van der Waals surface area contributed by atoms with Crippen LogP contribution in [0, 0.1) is 6.92 Å². The summed E-state index contributed by atoms with van der Waals surface area (Å²) in [5, 5.41) is 2.70. The minimum atomic E-state index is -2.92. The number of hydrogen-bond acceptors (Lipinski definition) is 2. The van der Waals surface area contributed by atoms with Crippen LogP contribution in [0.2, 0.25) is 0 Å². The van der Waals surface area contributed by atoms with Crippen molar-refractivity contribution in [1.29, 1.82) is 0 Å². The van der Waals surface area contributed by atoms with Gasteiger partial charge in [0, 0.05) is 5.56 Å². The zero-order chi connectivity index (χ0) is 19.9. The highest BCUT2D eigenvalue weighted by molar-refractivity contribution is 5.92. The summed E-state index contributed by atoms with van der Waals surface area (Å²) in [6, 6.07) is 14.8. The van der Waals surface area contributed by atoms with E-state index >= 15 is 0 Å². The van der Waals surface area contributed by atoms with Gasteiger partial charge in [-0.2, -0.15) is 8.78 Å². The van der Waals surface area contributed by atoms with Gasteiger partial charge in [0.05, 0.1) is 5.69 Å². The molecule has 1 heterocycles. The fourth-order valence-corrected chi connectivity index (χ4v) is 3.61. The Kier molecular flexibility index (Phi) is 6.95. The Morgan fingerprint density at radius 1 is 1.07 bits per heavy atom. The molecule has 1 aliphatic rings. The summed E-state index contributed by atoms with van der Waals surface area (Å²) in [7, 11) is 0. The molecule has 1 saturated heterocycles. The number of quaternary nitrogens is 2. The lowest BCUT2D eigenvalue weighted by Crippen LogP contribution is -3.28. The number of para-hydroxylation sites is 2. The molecule has 0 radical (unpaired) electrons. The number of amides is 1. The minimum Gasteiger partial charge on any atom is -0.433 e. The van der Waals surface area contributed by atoms with Crippen molar-refractivity contribution in [3.63, 3.8) is 0 Å². The number of anilines is 1. The van der Waals surface area contributed by atoms with E-state index in [1.54, 1.807) is 18.2 Å². The number of alkyl halides is 2. The van der Waals surface area contributed by atoms with Gasteiger partial charge in [0.1, 0.15) is 38.5 Å². The predicted octanol–water partition coefficient (Wildman–Crippen LogP) is 0.519. The van der Waals surface area contributed by atoms with E-state index in [1.807, 2.05) is 0 Å². The molecule has 0 atom stereocenters. The van der Waals surface area contributed by atoms with E-state index in [0.717, 1.165) is 32.7 Å². The van der Waals surface area contributed by atoms with Gasteiger partial charge in [-0.3, -0.25) is 4.79 Å². The molecule has 2 aromatic rings. The number of piperazine rings is 1. The van der Waals surface area contributed by atoms with E-state index in [1.165, 1.54) is 27.0 Å². The number of carbonyl (C=O) groups excluding carboxylic acids is 1. The molecule has 28 heavy (non-hydrogen) atoms. The number of carbonyl (C=O) groups is 1. The highest BCUT2D eigenvalue weighted by Crippen LogP contribution is 2.25. The third-order valence-electron chi connectivity index (χ3n) is 4.99. The maximum Gasteiger partial charge on any atom is 0.387 e. The Labute approximate surface area is 163 Å². The summed E-state index contributed by atoms with van der Waals surface area (Å²) >= 11 is 0. The summed E-state index contributed by atoms with van der Waals surface area (Å²) in [6.45, 7) is 4.31. The molecule has 0 aliphatic carbocycles. The first-order chi connectivity index (χ1) is 13.5. The van der Waals surface area contributed by atoms with Gasteiger partial charge in [-0.15, -0.1) is 0 Å². The van der Waals surface area contributed by atoms with Gasteiger partial charge < -0.3 is 19.9 Å². The van der Waals surface area contributed by atoms with E-state index in [9.17, 15) is 13.6 Å². The highest BCUT2D eigenvalue weighted by Gasteiger charge is 2.25. The Morgan fingerprint density at radius 3 is 2.50 bits per heavy atom. The minimum absolute atomic E-state index is 0.0201. The smallest absolute Gasteiger partial charge is 0.387 e. The van der Waals surface area contributed by atoms with Crippen LogP contribution in [0.5, 0.6) is 5.75 Å². The molecule has 0 aromatic heterocycles. The molecule has 1 aliphatic heterocycles. The van der Waals surface area contributed by atoms with Crippen molar-refractivity contribution >= 4 is 11.6 Å². The maximum atomic E-state index is 12.5. The van der Waals surface area contributed by atoms with Gasteiger partial charge in [-0.25, -0.2) is 0 Å².